The van der Waals surface area contributed by atoms with Crippen molar-refractivity contribution < 1.29 is 4.57 Å². The fourth-order valence-electron chi connectivity index (χ4n) is 2.42. The van der Waals surface area contributed by atoms with Gasteiger partial charge in [-0.25, -0.2) is 5.53 Å². The summed E-state index contributed by atoms with van der Waals surface area (Å²) in [7, 11) is -3.10. The Morgan fingerprint density at radius 2 is 1.59 bits per heavy atom. The number of hydrogen-bond acceptors (Lipinski definition) is 3. The van der Waals surface area contributed by atoms with Crippen LogP contribution < -0.4 is 15.9 Å². The van der Waals surface area contributed by atoms with Crippen LogP contribution in [0.1, 0.15) is 0 Å². The molecule has 3 rings (SSSR count). The van der Waals surface area contributed by atoms with Gasteiger partial charge in [0.15, 0.2) is 7.14 Å². The second-order valence-electron chi connectivity index (χ2n) is 4.74. The van der Waals surface area contributed by atoms with Gasteiger partial charge in [0.2, 0.25) is 0 Å². The highest BCUT2D eigenvalue weighted by atomic mass is 31.2. The van der Waals surface area contributed by atoms with E-state index in [1.54, 1.807) is 36.4 Å². The summed E-state index contributed by atoms with van der Waals surface area (Å²) in [5.41, 5.74) is 7.80. The summed E-state index contributed by atoms with van der Waals surface area (Å²) < 4.78 is 14.0. The number of rotatable bonds is 4. The molecule has 1 N–H and O–H groups in total. The SMILES string of the molecule is N=Nc1ccccc1P(=O)(c1cc#ccc1)c1ccccc1. The maximum atomic E-state index is 14.0. The maximum Gasteiger partial charge on any atom is 0.173 e. The summed E-state index contributed by atoms with van der Waals surface area (Å²) in [5, 5.41) is 5.49. The molecule has 3 aromatic carbocycles. The number of benzene rings is 2. The zero-order valence-corrected chi connectivity index (χ0v) is 12.6. The molecule has 106 valence electrons. The molecule has 0 aromatic heterocycles. The molecule has 0 radical (unpaired) electrons. The Balaban J connectivity index is 2.34. The molecule has 3 nitrogen and oxygen atoms in total. The normalized spacial score (nSPS) is 10.7. The molecular weight excluding hydrogens is 291 g/mol. The molecule has 0 aliphatic carbocycles. The number of nitrogens with zero attached hydrogens (tertiary/aromatic N) is 1. The average Bonchev–Trinajstić information content (AvgIpc) is 2.62. The lowest BCUT2D eigenvalue weighted by Crippen LogP contribution is -2.25. The average molecular weight is 304 g/mol. The van der Waals surface area contributed by atoms with Crippen LogP contribution in [0.15, 0.2) is 77.9 Å². The van der Waals surface area contributed by atoms with Gasteiger partial charge in [-0.05, 0) is 30.3 Å². The molecule has 0 spiro atoms. The lowest BCUT2D eigenvalue weighted by molar-refractivity contribution is 0.592. The van der Waals surface area contributed by atoms with Crippen molar-refractivity contribution in [3.63, 3.8) is 0 Å². The van der Waals surface area contributed by atoms with Crippen molar-refractivity contribution in [1.82, 2.24) is 0 Å². The third-order valence-corrected chi connectivity index (χ3v) is 6.55. The molecule has 0 saturated heterocycles. The first kappa shape index (κ1) is 14.3. The Bertz CT molecular complexity index is 788. The minimum atomic E-state index is -3.10. The van der Waals surface area contributed by atoms with E-state index in [0.717, 1.165) is 0 Å². The van der Waals surface area contributed by atoms with E-state index in [0.29, 0.717) is 21.6 Å². The Hall–Kier alpha value is -2.69. The first-order chi connectivity index (χ1) is 10.8. The van der Waals surface area contributed by atoms with E-state index < -0.39 is 7.14 Å². The van der Waals surface area contributed by atoms with Gasteiger partial charge in [-0.3, -0.25) is 0 Å². The lowest BCUT2D eigenvalue weighted by atomic mass is 10.3. The smallest absolute Gasteiger partial charge is 0.173 e. The summed E-state index contributed by atoms with van der Waals surface area (Å²) in [6, 6.07) is 27.3. The van der Waals surface area contributed by atoms with Crippen LogP contribution in [0.25, 0.3) is 0 Å². The van der Waals surface area contributed by atoms with E-state index in [-0.39, 0.29) is 0 Å². The van der Waals surface area contributed by atoms with E-state index >= 15 is 0 Å². The van der Waals surface area contributed by atoms with Gasteiger partial charge < -0.3 is 4.57 Å². The van der Waals surface area contributed by atoms with Crippen LogP contribution in [0.5, 0.6) is 0 Å². The minimum Gasteiger partial charge on any atom is -0.309 e. The van der Waals surface area contributed by atoms with Crippen LogP contribution in [0, 0.1) is 17.7 Å². The van der Waals surface area contributed by atoms with Gasteiger partial charge in [-0.1, -0.05) is 54.6 Å². The van der Waals surface area contributed by atoms with E-state index in [4.69, 9.17) is 5.53 Å². The highest BCUT2D eigenvalue weighted by Gasteiger charge is 2.31. The van der Waals surface area contributed by atoms with E-state index in [1.165, 1.54) is 0 Å². The van der Waals surface area contributed by atoms with Crippen LogP contribution in [-0.2, 0) is 4.57 Å². The predicted molar refractivity (Wildman–Crippen MR) is 88.3 cm³/mol. The Kier molecular flexibility index (Phi) is 3.87. The summed E-state index contributed by atoms with van der Waals surface area (Å²) in [6.07, 6.45) is 0. The van der Waals surface area contributed by atoms with Crippen LogP contribution in [-0.4, -0.2) is 0 Å². The van der Waals surface area contributed by atoms with Gasteiger partial charge in [-0.2, -0.15) is 5.11 Å². The third-order valence-electron chi connectivity index (χ3n) is 3.47. The van der Waals surface area contributed by atoms with Crippen LogP contribution in [0.2, 0.25) is 0 Å². The molecule has 0 fully saturated rings. The predicted octanol–water partition coefficient (Wildman–Crippen LogP) is 3.59. The number of hydrogen-bond donors (Lipinski definition) is 1. The summed E-state index contributed by atoms with van der Waals surface area (Å²) in [4.78, 5) is 0. The van der Waals surface area contributed by atoms with Gasteiger partial charge >= 0.3 is 0 Å². The number of nitrogens with one attached hydrogen (secondary N) is 1. The third kappa shape index (κ3) is 2.35. The molecule has 0 saturated carbocycles. The minimum absolute atomic E-state index is 0.419. The van der Waals surface area contributed by atoms with Crippen molar-refractivity contribution in [2.24, 2.45) is 5.11 Å². The number of para-hydroxylation sites is 1. The van der Waals surface area contributed by atoms with Crippen molar-refractivity contribution in [1.29, 1.82) is 5.53 Å². The second-order valence-corrected chi connectivity index (χ2v) is 7.47. The molecule has 3 aromatic rings. The standard InChI is InChI=1S/C18H13N2OP/c19-20-17-13-7-8-14-18(17)22(21,15-9-3-1-4-10-15)16-11-5-2-6-12-16/h1,3-5,7-14,19H. The van der Waals surface area contributed by atoms with Crippen LogP contribution in [0.4, 0.5) is 5.69 Å². The maximum absolute atomic E-state index is 14.0. The van der Waals surface area contributed by atoms with Crippen molar-refractivity contribution in [3.05, 3.63) is 84.9 Å². The Morgan fingerprint density at radius 1 is 0.864 bits per heavy atom. The molecule has 0 amide bonds. The van der Waals surface area contributed by atoms with Gasteiger partial charge in [0.25, 0.3) is 0 Å². The zero-order chi connectivity index (χ0) is 15.4. The van der Waals surface area contributed by atoms with Crippen LogP contribution in [0.3, 0.4) is 0 Å². The fourth-order valence-corrected chi connectivity index (χ4v) is 5.15. The largest absolute Gasteiger partial charge is 0.309 e. The van der Waals surface area contributed by atoms with Gasteiger partial charge in [0, 0.05) is 15.9 Å². The first-order valence-corrected chi connectivity index (χ1v) is 8.48. The lowest BCUT2D eigenvalue weighted by Gasteiger charge is -2.20. The summed E-state index contributed by atoms with van der Waals surface area (Å²) in [5.74, 6) is 0. The highest BCUT2D eigenvalue weighted by Crippen LogP contribution is 2.44. The Morgan fingerprint density at radius 3 is 2.27 bits per heavy atom. The monoisotopic (exact) mass is 304 g/mol. The van der Waals surface area contributed by atoms with E-state index in [9.17, 15) is 4.57 Å². The van der Waals surface area contributed by atoms with Crippen molar-refractivity contribution in [3.8, 4) is 0 Å². The van der Waals surface area contributed by atoms with Gasteiger partial charge in [0.1, 0.15) is 0 Å². The molecule has 1 atom stereocenters. The molecular formula is C18H13N2OP. The first-order valence-electron chi connectivity index (χ1n) is 6.78. The van der Waals surface area contributed by atoms with Crippen LogP contribution >= 0.6 is 7.14 Å². The van der Waals surface area contributed by atoms with Crippen molar-refractivity contribution in [2.75, 3.05) is 0 Å². The van der Waals surface area contributed by atoms with Gasteiger partial charge in [-0.15, -0.1) is 0 Å². The van der Waals surface area contributed by atoms with E-state index in [1.807, 2.05) is 36.4 Å². The second kappa shape index (κ2) is 5.97. The molecule has 0 bridgehead atoms. The summed E-state index contributed by atoms with van der Waals surface area (Å²) in [6.45, 7) is 0. The van der Waals surface area contributed by atoms with E-state index in [2.05, 4.69) is 17.2 Å². The quantitative estimate of drug-likeness (QED) is 0.581. The molecule has 0 aliphatic rings. The highest BCUT2D eigenvalue weighted by molar-refractivity contribution is 7.85. The molecule has 0 heterocycles. The molecule has 22 heavy (non-hydrogen) atoms. The van der Waals surface area contributed by atoms with Gasteiger partial charge in [0.05, 0.1) is 5.69 Å². The summed E-state index contributed by atoms with van der Waals surface area (Å²) >= 11 is 0. The van der Waals surface area contributed by atoms with Crippen molar-refractivity contribution in [2.45, 2.75) is 0 Å². The molecule has 0 aliphatic heterocycles. The Labute approximate surface area is 129 Å². The topological polar surface area (TPSA) is 53.3 Å². The zero-order valence-electron chi connectivity index (χ0n) is 11.7. The fraction of sp³-hybridized carbons (Fsp3) is 0. The van der Waals surface area contributed by atoms with Crippen molar-refractivity contribution >= 4 is 28.7 Å². The molecule has 1 unspecified atom stereocenters. The molecule has 4 heteroatoms.